The molecule has 1 amide bonds. The number of aromatic nitrogens is 1. The third-order valence-corrected chi connectivity index (χ3v) is 10.9. The van der Waals surface area contributed by atoms with E-state index in [-0.39, 0.29) is 60.3 Å². The number of amides is 1. The Hall–Kier alpha value is -2.45. The van der Waals surface area contributed by atoms with Gasteiger partial charge in [0.25, 0.3) is 0 Å². The van der Waals surface area contributed by atoms with Crippen LogP contribution in [0.2, 0.25) is 0 Å². The van der Waals surface area contributed by atoms with Crippen LogP contribution in [0.5, 0.6) is 0 Å². The number of pyridine rings is 1. The number of hydrazine groups is 1. The van der Waals surface area contributed by atoms with Gasteiger partial charge in [-0.05, 0) is 55.0 Å². The fraction of sp³-hybridized carbons (Fsp3) is 0.520. The van der Waals surface area contributed by atoms with E-state index < -0.39 is 24.7 Å². The van der Waals surface area contributed by atoms with E-state index in [0.717, 1.165) is 37.3 Å². The normalized spacial score (nSPS) is 26.3. The first-order valence-corrected chi connectivity index (χ1v) is 14.4. The molecule has 2 saturated heterocycles. The van der Waals surface area contributed by atoms with E-state index in [1.807, 2.05) is 0 Å². The molecule has 36 heavy (non-hydrogen) atoms. The number of benzene rings is 1. The highest BCUT2D eigenvalue weighted by Crippen LogP contribution is 2.48. The Kier molecular flexibility index (Phi) is 6.85. The number of halogens is 4. The van der Waals surface area contributed by atoms with Crippen molar-refractivity contribution in [2.24, 2.45) is 11.8 Å². The van der Waals surface area contributed by atoms with Crippen molar-refractivity contribution >= 4 is 24.2 Å². The number of carbonyl (C=O) groups excluding carboxylic acids is 1. The van der Waals surface area contributed by atoms with Crippen LogP contribution in [0.3, 0.4) is 0 Å². The smallest absolute Gasteiger partial charge is 0.355 e. The number of anilines is 1. The molecule has 3 unspecified atom stereocenters. The van der Waals surface area contributed by atoms with Gasteiger partial charge in [-0.1, -0.05) is 18.9 Å². The van der Waals surface area contributed by atoms with E-state index in [2.05, 4.69) is 15.8 Å². The van der Waals surface area contributed by atoms with E-state index in [4.69, 9.17) is 0 Å². The Bertz CT molecular complexity index is 1180. The monoisotopic (exact) mass is 524 g/mol. The van der Waals surface area contributed by atoms with Crippen molar-refractivity contribution < 1.29 is 26.9 Å². The van der Waals surface area contributed by atoms with Crippen LogP contribution < -0.4 is 21.1 Å². The van der Waals surface area contributed by atoms with Gasteiger partial charge in [-0.2, -0.15) is 13.2 Å². The van der Waals surface area contributed by atoms with E-state index in [1.165, 1.54) is 23.2 Å². The molecule has 2 aliphatic heterocycles. The standard InChI is InChI=1S/C25H29F4N4O2P/c26-20-8-7-16(14-21-17-4-1-2-5-18(17)24(34)32-31-21)15-22(20)36(35)12-10-33(11-13-36)23-19(25(27,28)29)6-3-9-30-23/h3,6-9,15,17-18,21,31H,1-2,4-5,10-14H2,(H,32,34). The van der Waals surface area contributed by atoms with Crippen LogP contribution in [0, 0.1) is 17.7 Å². The van der Waals surface area contributed by atoms with Crippen LogP contribution in [0.1, 0.15) is 36.8 Å². The van der Waals surface area contributed by atoms with Crippen LogP contribution in [0.4, 0.5) is 23.4 Å². The minimum absolute atomic E-state index is 0.000890. The van der Waals surface area contributed by atoms with Crippen LogP contribution in [0.15, 0.2) is 36.5 Å². The molecule has 11 heteroatoms. The summed E-state index contributed by atoms with van der Waals surface area (Å²) in [6.45, 7) is 0.196. The Balaban J connectivity index is 1.33. The number of nitrogens with one attached hydrogen (secondary N) is 2. The quantitative estimate of drug-likeness (QED) is 0.466. The SMILES string of the molecule is O=C1NNC(Cc2ccc(F)c(P3(=O)CCN(c4ncccc4C(F)(F)F)CC3)c2)C2CCCCC12. The average molecular weight is 524 g/mol. The molecule has 3 atom stereocenters. The largest absolute Gasteiger partial charge is 0.419 e. The van der Waals surface area contributed by atoms with Crippen molar-refractivity contribution in [1.82, 2.24) is 15.8 Å². The maximum Gasteiger partial charge on any atom is 0.419 e. The lowest BCUT2D eigenvalue weighted by molar-refractivity contribution is -0.137. The Morgan fingerprint density at radius 2 is 1.86 bits per heavy atom. The summed E-state index contributed by atoms with van der Waals surface area (Å²) in [7, 11) is -3.15. The Morgan fingerprint density at radius 1 is 1.11 bits per heavy atom. The van der Waals surface area contributed by atoms with Crippen LogP contribution in [0.25, 0.3) is 0 Å². The molecule has 0 spiro atoms. The number of carbonyl (C=O) groups is 1. The molecule has 1 aromatic heterocycles. The van der Waals surface area contributed by atoms with Gasteiger partial charge in [0.15, 0.2) is 0 Å². The molecule has 1 aliphatic carbocycles. The maximum atomic E-state index is 14.9. The Morgan fingerprint density at radius 3 is 2.61 bits per heavy atom. The highest BCUT2D eigenvalue weighted by atomic mass is 31.2. The summed E-state index contributed by atoms with van der Waals surface area (Å²) in [4.78, 5) is 17.7. The molecule has 0 radical (unpaired) electrons. The summed E-state index contributed by atoms with van der Waals surface area (Å²) in [5.74, 6) is -0.543. The molecule has 5 rings (SSSR count). The molecule has 3 fully saturated rings. The topological polar surface area (TPSA) is 74.3 Å². The molecule has 0 bridgehead atoms. The molecule has 2 N–H and O–H groups in total. The second-order valence-electron chi connectivity index (χ2n) is 9.98. The van der Waals surface area contributed by atoms with Crippen molar-refractivity contribution in [2.45, 2.75) is 44.3 Å². The molecular weight excluding hydrogens is 495 g/mol. The van der Waals surface area contributed by atoms with Crippen LogP contribution in [-0.2, 0) is 22.0 Å². The maximum absolute atomic E-state index is 14.9. The summed E-state index contributed by atoms with van der Waals surface area (Å²) in [5, 5.41) is 0.164. The van der Waals surface area contributed by atoms with Gasteiger partial charge in [-0.25, -0.2) is 14.8 Å². The summed E-state index contributed by atoms with van der Waals surface area (Å²) in [5.41, 5.74) is 5.88. The molecule has 3 aliphatic rings. The number of rotatable bonds is 4. The summed E-state index contributed by atoms with van der Waals surface area (Å²) < 4.78 is 69.1. The van der Waals surface area contributed by atoms with Crippen molar-refractivity contribution in [3.05, 3.63) is 53.5 Å². The number of nitrogens with zero attached hydrogens (tertiary/aromatic N) is 2. The van der Waals surface area contributed by atoms with Gasteiger partial charge >= 0.3 is 6.18 Å². The minimum Gasteiger partial charge on any atom is -0.355 e. The summed E-state index contributed by atoms with van der Waals surface area (Å²) in [6.07, 6.45) is 1.38. The predicted octanol–water partition coefficient (Wildman–Crippen LogP) is 4.10. The third-order valence-electron chi connectivity index (χ3n) is 7.81. The molecule has 6 nitrogen and oxygen atoms in total. The summed E-state index contributed by atoms with van der Waals surface area (Å²) in [6, 6.07) is 6.89. The lowest BCUT2D eigenvalue weighted by Gasteiger charge is -2.41. The zero-order valence-corrected chi connectivity index (χ0v) is 20.6. The predicted molar refractivity (Wildman–Crippen MR) is 129 cm³/mol. The zero-order valence-electron chi connectivity index (χ0n) is 19.7. The molecule has 194 valence electrons. The number of hydrogen-bond donors (Lipinski definition) is 2. The first-order chi connectivity index (χ1) is 17.2. The second-order valence-corrected chi connectivity index (χ2v) is 13.1. The molecule has 1 saturated carbocycles. The minimum atomic E-state index is -4.55. The van der Waals surface area contributed by atoms with Gasteiger partial charge in [0.1, 0.15) is 18.8 Å². The van der Waals surface area contributed by atoms with Gasteiger partial charge in [-0.3, -0.25) is 10.2 Å². The fourth-order valence-electron chi connectivity index (χ4n) is 5.90. The van der Waals surface area contributed by atoms with E-state index >= 15 is 0 Å². The van der Waals surface area contributed by atoms with Gasteiger partial charge in [-0.15, -0.1) is 0 Å². The second kappa shape index (κ2) is 9.78. The third kappa shape index (κ3) is 4.90. The lowest BCUT2D eigenvalue weighted by Crippen LogP contribution is -2.60. The molecule has 3 heterocycles. The lowest BCUT2D eigenvalue weighted by atomic mass is 9.72. The first-order valence-electron chi connectivity index (χ1n) is 12.4. The van der Waals surface area contributed by atoms with Crippen molar-refractivity contribution in [1.29, 1.82) is 0 Å². The first kappa shape index (κ1) is 25.2. The van der Waals surface area contributed by atoms with Crippen molar-refractivity contribution in [3.63, 3.8) is 0 Å². The fourth-order valence-corrected chi connectivity index (χ4v) is 8.59. The van der Waals surface area contributed by atoms with Crippen LogP contribution in [-0.4, -0.2) is 42.3 Å². The van der Waals surface area contributed by atoms with E-state index in [1.54, 1.807) is 12.1 Å². The van der Waals surface area contributed by atoms with Gasteiger partial charge in [0.05, 0.1) is 5.56 Å². The molecule has 2 aromatic rings. The van der Waals surface area contributed by atoms with E-state index in [0.29, 0.717) is 6.42 Å². The van der Waals surface area contributed by atoms with Gasteiger partial charge in [0.2, 0.25) is 5.91 Å². The number of fused-ring (bicyclic) bond motifs is 1. The molecular formula is C25H29F4N4O2P. The Labute approximate surface area is 207 Å². The highest BCUT2D eigenvalue weighted by molar-refractivity contribution is 7.71. The number of alkyl halides is 3. The number of hydrogen-bond acceptors (Lipinski definition) is 5. The van der Waals surface area contributed by atoms with Gasteiger partial charge < -0.3 is 9.46 Å². The molecule has 1 aromatic carbocycles. The van der Waals surface area contributed by atoms with Crippen molar-refractivity contribution in [3.8, 4) is 0 Å². The van der Waals surface area contributed by atoms with Crippen LogP contribution >= 0.6 is 7.14 Å². The summed E-state index contributed by atoms with van der Waals surface area (Å²) >= 11 is 0. The zero-order chi connectivity index (χ0) is 25.5. The van der Waals surface area contributed by atoms with E-state index in [9.17, 15) is 26.9 Å². The van der Waals surface area contributed by atoms with Crippen molar-refractivity contribution in [2.75, 3.05) is 30.3 Å². The van der Waals surface area contributed by atoms with Gasteiger partial charge in [0, 0.05) is 48.9 Å². The highest BCUT2D eigenvalue weighted by Gasteiger charge is 2.41. The average Bonchev–Trinajstić information content (AvgIpc) is 2.87.